The molecule has 0 fully saturated rings. The van der Waals surface area contributed by atoms with Gasteiger partial charge in [0.05, 0.1) is 12.7 Å². The fraction of sp³-hybridized carbons (Fsp3) is 0.750. The highest BCUT2D eigenvalue weighted by molar-refractivity contribution is 5.17. The lowest BCUT2D eigenvalue weighted by atomic mass is 9.98. The highest BCUT2D eigenvalue weighted by Crippen LogP contribution is 2.29. The van der Waals surface area contributed by atoms with Crippen LogP contribution in [0, 0.1) is 5.21 Å². The van der Waals surface area contributed by atoms with Gasteiger partial charge in [-0.25, -0.2) is 5.43 Å². The van der Waals surface area contributed by atoms with Crippen molar-refractivity contribution in [2.24, 2.45) is 0 Å². The molecule has 0 amide bonds. The average molecular weight is 154 g/mol. The van der Waals surface area contributed by atoms with Crippen molar-refractivity contribution < 1.29 is 4.76 Å². The molecule has 2 aliphatic rings. The van der Waals surface area contributed by atoms with Gasteiger partial charge in [0.1, 0.15) is 6.54 Å². The van der Waals surface area contributed by atoms with E-state index >= 15 is 0 Å². The Balaban J connectivity index is 2.16. The molecule has 1 atom stereocenters. The van der Waals surface area contributed by atoms with Crippen LogP contribution < -0.4 is 5.43 Å². The Morgan fingerprint density at radius 2 is 2.09 bits per heavy atom. The van der Waals surface area contributed by atoms with Gasteiger partial charge < -0.3 is 5.21 Å². The average Bonchev–Trinajstić information content (AvgIpc) is 2.21. The molecule has 1 unspecified atom stereocenters. The van der Waals surface area contributed by atoms with Crippen LogP contribution in [0.3, 0.4) is 0 Å². The summed E-state index contributed by atoms with van der Waals surface area (Å²) < 4.78 is -0.287. The minimum absolute atomic E-state index is 0.287. The van der Waals surface area contributed by atoms with Crippen molar-refractivity contribution >= 4 is 0 Å². The summed E-state index contributed by atoms with van der Waals surface area (Å²) in [5, 5.41) is 11.5. The van der Waals surface area contributed by atoms with Crippen LogP contribution in [0.25, 0.3) is 0 Å². The molecule has 0 saturated heterocycles. The van der Waals surface area contributed by atoms with Gasteiger partial charge in [0, 0.05) is 5.57 Å². The Labute approximate surface area is 66.8 Å². The highest BCUT2D eigenvalue weighted by Gasteiger charge is 2.28. The molecule has 1 aliphatic heterocycles. The number of hydrogen-bond donors (Lipinski definition) is 1. The van der Waals surface area contributed by atoms with Crippen LogP contribution in [0.15, 0.2) is 11.3 Å². The second-order valence-electron chi connectivity index (χ2n) is 3.66. The monoisotopic (exact) mass is 154 g/mol. The maximum atomic E-state index is 11.5. The van der Waals surface area contributed by atoms with Gasteiger partial charge in [-0.15, -0.1) is 0 Å². The van der Waals surface area contributed by atoms with E-state index in [1.54, 1.807) is 7.05 Å². The lowest BCUT2D eigenvalue weighted by Crippen LogP contribution is -2.44. The molecule has 62 valence electrons. The SMILES string of the molecule is C[N+]1([O-])CC2=C(CCCC2)N1. The summed E-state index contributed by atoms with van der Waals surface area (Å²) >= 11 is 0. The van der Waals surface area contributed by atoms with Crippen LogP contribution in [-0.4, -0.2) is 18.3 Å². The maximum Gasteiger partial charge on any atom is 0.124 e. The van der Waals surface area contributed by atoms with Crippen LogP contribution >= 0.6 is 0 Å². The van der Waals surface area contributed by atoms with Crippen molar-refractivity contribution in [3.63, 3.8) is 0 Å². The Morgan fingerprint density at radius 1 is 1.36 bits per heavy atom. The standard InChI is InChI=1S/C8H14N2O/c1-10(11)6-7-4-2-3-5-8(7)9-10/h9H,2-6H2,1H3. The predicted octanol–water partition coefficient (Wildman–Crippen LogP) is 1.28. The van der Waals surface area contributed by atoms with E-state index in [0.29, 0.717) is 6.54 Å². The predicted molar refractivity (Wildman–Crippen MR) is 43.0 cm³/mol. The first kappa shape index (κ1) is 7.13. The molecule has 3 nitrogen and oxygen atoms in total. The Morgan fingerprint density at radius 3 is 2.82 bits per heavy atom. The van der Waals surface area contributed by atoms with Crippen molar-refractivity contribution in [2.75, 3.05) is 13.6 Å². The van der Waals surface area contributed by atoms with E-state index in [1.165, 1.54) is 24.1 Å². The lowest BCUT2D eigenvalue weighted by molar-refractivity contribution is -0.890. The van der Waals surface area contributed by atoms with E-state index < -0.39 is 0 Å². The Kier molecular flexibility index (Phi) is 1.44. The largest absolute Gasteiger partial charge is 0.606 e. The fourth-order valence-electron chi connectivity index (χ4n) is 1.97. The van der Waals surface area contributed by atoms with Gasteiger partial charge in [-0.2, -0.15) is 0 Å². The zero-order chi connectivity index (χ0) is 7.90. The second kappa shape index (κ2) is 2.22. The summed E-state index contributed by atoms with van der Waals surface area (Å²) in [6, 6.07) is 0. The van der Waals surface area contributed by atoms with Crippen LogP contribution in [0.4, 0.5) is 0 Å². The molecule has 1 heterocycles. The Hall–Kier alpha value is -0.540. The molecule has 0 spiro atoms. The number of hydroxylamine groups is 2. The third-order valence-corrected chi connectivity index (χ3v) is 2.45. The molecular formula is C8H14N2O. The normalized spacial score (nSPS) is 36.9. The molecule has 1 aliphatic carbocycles. The first-order valence-electron chi connectivity index (χ1n) is 4.23. The van der Waals surface area contributed by atoms with Crippen molar-refractivity contribution in [2.45, 2.75) is 25.7 Å². The van der Waals surface area contributed by atoms with Crippen LogP contribution in [0.1, 0.15) is 25.7 Å². The van der Waals surface area contributed by atoms with Crippen LogP contribution in [-0.2, 0) is 0 Å². The van der Waals surface area contributed by atoms with E-state index in [0.717, 1.165) is 12.8 Å². The summed E-state index contributed by atoms with van der Waals surface area (Å²) in [4.78, 5) is 0. The molecular weight excluding hydrogens is 140 g/mol. The zero-order valence-electron chi connectivity index (χ0n) is 6.89. The van der Waals surface area contributed by atoms with Crippen molar-refractivity contribution in [1.82, 2.24) is 5.43 Å². The highest BCUT2D eigenvalue weighted by atomic mass is 16.6. The van der Waals surface area contributed by atoms with E-state index in [-0.39, 0.29) is 4.76 Å². The van der Waals surface area contributed by atoms with Gasteiger partial charge in [-0.1, -0.05) is 0 Å². The molecule has 0 aromatic heterocycles. The van der Waals surface area contributed by atoms with Crippen molar-refractivity contribution in [1.29, 1.82) is 0 Å². The number of likely N-dealkylation sites (N-methyl/N-ethyl adjacent to an activating group) is 1. The number of allylic oxidation sites excluding steroid dienone is 1. The first-order chi connectivity index (χ1) is 5.17. The molecule has 0 bridgehead atoms. The molecule has 0 saturated carbocycles. The molecule has 0 aromatic rings. The molecule has 0 radical (unpaired) electrons. The van der Waals surface area contributed by atoms with Gasteiger partial charge in [-0.05, 0) is 25.7 Å². The summed E-state index contributed by atoms with van der Waals surface area (Å²) in [6.45, 7) is 0.662. The first-order valence-corrected chi connectivity index (χ1v) is 4.23. The topological polar surface area (TPSA) is 35.1 Å². The molecule has 11 heavy (non-hydrogen) atoms. The molecule has 0 aromatic carbocycles. The van der Waals surface area contributed by atoms with Crippen molar-refractivity contribution in [3.05, 3.63) is 16.5 Å². The van der Waals surface area contributed by atoms with E-state index in [1.807, 2.05) is 0 Å². The number of nitrogens with zero attached hydrogens (tertiary/aromatic N) is 1. The van der Waals surface area contributed by atoms with Gasteiger partial charge in [0.25, 0.3) is 0 Å². The minimum Gasteiger partial charge on any atom is -0.606 e. The quantitative estimate of drug-likeness (QED) is 0.421. The van der Waals surface area contributed by atoms with E-state index in [4.69, 9.17) is 0 Å². The second-order valence-corrected chi connectivity index (χ2v) is 3.66. The van der Waals surface area contributed by atoms with Gasteiger partial charge in [0.2, 0.25) is 0 Å². The number of rotatable bonds is 0. The lowest BCUT2D eigenvalue weighted by Gasteiger charge is -2.33. The third-order valence-electron chi connectivity index (χ3n) is 2.45. The molecule has 3 heteroatoms. The minimum atomic E-state index is -0.287. The summed E-state index contributed by atoms with van der Waals surface area (Å²) in [5.41, 5.74) is 5.59. The van der Waals surface area contributed by atoms with E-state index in [9.17, 15) is 5.21 Å². The van der Waals surface area contributed by atoms with E-state index in [2.05, 4.69) is 5.43 Å². The van der Waals surface area contributed by atoms with Crippen LogP contribution in [0.5, 0.6) is 0 Å². The Bertz CT molecular complexity index is 188. The fourth-order valence-corrected chi connectivity index (χ4v) is 1.97. The number of hydrogen-bond acceptors (Lipinski definition) is 2. The zero-order valence-corrected chi connectivity index (χ0v) is 6.89. The third kappa shape index (κ3) is 1.26. The summed E-state index contributed by atoms with van der Waals surface area (Å²) in [7, 11) is 1.68. The number of nitrogens with one attached hydrogen (secondary N) is 1. The number of quaternary nitrogens is 1. The van der Waals surface area contributed by atoms with Crippen LogP contribution in [0.2, 0.25) is 0 Å². The van der Waals surface area contributed by atoms with Crippen molar-refractivity contribution in [3.8, 4) is 0 Å². The molecule has 1 N–H and O–H groups in total. The van der Waals surface area contributed by atoms with Gasteiger partial charge >= 0.3 is 0 Å². The summed E-state index contributed by atoms with van der Waals surface area (Å²) in [5.74, 6) is 0. The molecule has 2 rings (SSSR count). The smallest absolute Gasteiger partial charge is 0.124 e. The van der Waals surface area contributed by atoms with Gasteiger partial charge in [0.15, 0.2) is 0 Å². The maximum absolute atomic E-state index is 11.5. The van der Waals surface area contributed by atoms with Gasteiger partial charge in [-0.3, -0.25) is 4.76 Å². The summed E-state index contributed by atoms with van der Waals surface area (Å²) in [6.07, 6.45) is 4.73.